The first kappa shape index (κ1) is 20.9. The molecule has 154 valence electrons. The largest absolute Gasteiger partial charge is 0.494 e. The molecule has 1 aromatic heterocycles. The number of benzene rings is 1. The van der Waals surface area contributed by atoms with Crippen molar-refractivity contribution in [3.05, 3.63) is 53.5 Å². The van der Waals surface area contributed by atoms with Gasteiger partial charge in [0.2, 0.25) is 0 Å². The summed E-state index contributed by atoms with van der Waals surface area (Å²) >= 11 is 0. The Balaban J connectivity index is 1.57. The van der Waals surface area contributed by atoms with Crippen molar-refractivity contribution < 1.29 is 19.0 Å². The Hall–Kier alpha value is -1.86. The molecule has 2 heterocycles. The third-order valence-corrected chi connectivity index (χ3v) is 5.15. The summed E-state index contributed by atoms with van der Waals surface area (Å²) in [5, 5.41) is 9.54. The van der Waals surface area contributed by atoms with Gasteiger partial charge in [0.05, 0.1) is 13.2 Å². The number of ether oxygens (including phenoxy) is 2. The highest BCUT2D eigenvalue weighted by atomic mass is 16.5. The van der Waals surface area contributed by atoms with Crippen LogP contribution in [0.25, 0.3) is 0 Å². The molecular formula is C22H32N2O4. The van der Waals surface area contributed by atoms with Gasteiger partial charge in [0.15, 0.2) is 0 Å². The molecule has 1 aromatic carbocycles. The van der Waals surface area contributed by atoms with Crippen LogP contribution in [0.4, 0.5) is 0 Å². The third kappa shape index (κ3) is 5.82. The molecule has 1 saturated heterocycles. The van der Waals surface area contributed by atoms with Crippen molar-refractivity contribution in [3.63, 3.8) is 0 Å². The highest BCUT2D eigenvalue weighted by Gasteiger charge is 2.27. The van der Waals surface area contributed by atoms with E-state index in [0.29, 0.717) is 19.3 Å². The molecule has 0 spiro atoms. The summed E-state index contributed by atoms with van der Waals surface area (Å²) in [6, 6.07) is 12.7. The van der Waals surface area contributed by atoms with Crippen LogP contribution < -0.4 is 4.74 Å². The maximum absolute atomic E-state index is 9.54. The molecule has 1 aliphatic rings. The fourth-order valence-electron chi connectivity index (χ4n) is 3.77. The van der Waals surface area contributed by atoms with Gasteiger partial charge in [-0.3, -0.25) is 9.80 Å². The van der Waals surface area contributed by atoms with Crippen LogP contribution in [0.2, 0.25) is 0 Å². The Kier molecular flexibility index (Phi) is 7.91. The van der Waals surface area contributed by atoms with E-state index in [0.717, 1.165) is 56.4 Å². The summed E-state index contributed by atoms with van der Waals surface area (Å²) in [5.74, 6) is 2.74. The Bertz CT molecular complexity index is 701. The van der Waals surface area contributed by atoms with Crippen molar-refractivity contribution in [1.29, 1.82) is 0 Å². The van der Waals surface area contributed by atoms with Gasteiger partial charge in [-0.05, 0) is 43.2 Å². The predicted molar refractivity (Wildman–Crippen MR) is 108 cm³/mol. The summed E-state index contributed by atoms with van der Waals surface area (Å²) in [4.78, 5) is 4.88. The Morgan fingerprint density at radius 3 is 2.57 bits per heavy atom. The molecule has 1 atom stereocenters. The summed E-state index contributed by atoms with van der Waals surface area (Å²) < 4.78 is 16.5. The first-order chi connectivity index (χ1) is 13.7. The molecule has 2 aromatic rings. The smallest absolute Gasteiger partial charge is 0.129 e. The minimum atomic E-state index is 0.205. The normalized spacial score (nSPS) is 18.5. The van der Waals surface area contributed by atoms with Crippen LogP contribution >= 0.6 is 0 Å². The summed E-state index contributed by atoms with van der Waals surface area (Å²) in [5.41, 5.74) is 1.27. The van der Waals surface area contributed by atoms with Crippen molar-refractivity contribution in [2.75, 3.05) is 40.0 Å². The number of hydrogen-bond acceptors (Lipinski definition) is 6. The number of furan rings is 1. The zero-order chi connectivity index (χ0) is 19.8. The molecule has 0 aliphatic carbocycles. The van der Waals surface area contributed by atoms with E-state index in [9.17, 15) is 5.11 Å². The van der Waals surface area contributed by atoms with E-state index in [2.05, 4.69) is 21.9 Å². The minimum Gasteiger partial charge on any atom is -0.494 e. The van der Waals surface area contributed by atoms with Crippen molar-refractivity contribution in [2.45, 2.75) is 39.1 Å². The number of aliphatic hydroxyl groups is 1. The number of piperazine rings is 1. The van der Waals surface area contributed by atoms with Gasteiger partial charge in [-0.1, -0.05) is 12.1 Å². The molecule has 6 nitrogen and oxygen atoms in total. The standard InChI is InChI=1S/C22H32N2O4/c1-3-27-20-6-4-18(5-7-20)14-24-12-11-23(15-19(24)10-13-25)16-21-8-9-22(28-21)17-26-2/h4-9,19,25H,3,10-17H2,1-2H3/t19-/m0/s1. The van der Waals surface area contributed by atoms with Crippen LogP contribution in [0.1, 0.15) is 30.4 Å². The molecule has 1 aliphatic heterocycles. The lowest BCUT2D eigenvalue weighted by atomic mass is 10.1. The van der Waals surface area contributed by atoms with Crippen LogP contribution in [0, 0.1) is 0 Å². The highest BCUT2D eigenvalue weighted by Crippen LogP contribution is 2.21. The fourth-order valence-corrected chi connectivity index (χ4v) is 3.77. The Morgan fingerprint density at radius 2 is 1.86 bits per heavy atom. The molecule has 1 N–H and O–H groups in total. The Labute approximate surface area is 167 Å². The summed E-state index contributed by atoms with van der Waals surface area (Å²) in [7, 11) is 1.67. The number of aliphatic hydroxyl groups excluding tert-OH is 1. The van der Waals surface area contributed by atoms with E-state index in [4.69, 9.17) is 13.9 Å². The van der Waals surface area contributed by atoms with Gasteiger partial charge in [-0.2, -0.15) is 0 Å². The molecule has 3 rings (SSSR count). The molecule has 0 saturated carbocycles. The van der Waals surface area contributed by atoms with Crippen LogP contribution in [0.15, 0.2) is 40.8 Å². The van der Waals surface area contributed by atoms with E-state index in [1.165, 1.54) is 5.56 Å². The second-order valence-corrected chi connectivity index (χ2v) is 7.25. The zero-order valence-electron chi connectivity index (χ0n) is 17.0. The Morgan fingerprint density at radius 1 is 1.07 bits per heavy atom. The van der Waals surface area contributed by atoms with E-state index in [1.807, 2.05) is 31.2 Å². The summed E-state index contributed by atoms with van der Waals surface area (Å²) in [6.07, 6.45) is 0.778. The van der Waals surface area contributed by atoms with E-state index < -0.39 is 0 Å². The van der Waals surface area contributed by atoms with Gasteiger partial charge in [0.25, 0.3) is 0 Å². The summed E-state index contributed by atoms with van der Waals surface area (Å²) in [6.45, 7) is 7.96. The first-order valence-electron chi connectivity index (χ1n) is 10.1. The molecular weight excluding hydrogens is 356 g/mol. The monoisotopic (exact) mass is 388 g/mol. The van der Waals surface area contributed by atoms with Crippen molar-refractivity contribution in [3.8, 4) is 5.75 Å². The molecule has 0 radical (unpaired) electrons. The molecule has 0 bridgehead atoms. The maximum atomic E-state index is 9.54. The highest BCUT2D eigenvalue weighted by molar-refractivity contribution is 5.27. The molecule has 0 amide bonds. The second-order valence-electron chi connectivity index (χ2n) is 7.25. The fraction of sp³-hybridized carbons (Fsp3) is 0.545. The quantitative estimate of drug-likeness (QED) is 0.675. The first-order valence-corrected chi connectivity index (χ1v) is 10.1. The lowest BCUT2D eigenvalue weighted by Crippen LogP contribution is -2.52. The predicted octanol–water partition coefficient (Wildman–Crippen LogP) is 2.89. The van der Waals surface area contributed by atoms with Gasteiger partial charge in [-0.25, -0.2) is 0 Å². The third-order valence-electron chi connectivity index (χ3n) is 5.15. The van der Waals surface area contributed by atoms with Crippen molar-refractivity contribution in [2.24, 2.45) is 0 Å². The van der Waals surface area contributed by atoms with Gasteiger partial charge < -0.3 is 19.0 Å². The second kappa shape index (κ2) is 10.6. The van der Waals surface area contributed by atoms with Gasteiger partial charge >= 0.3 is 0 Å². The number of hydrogen-bond donors (Lipinski definition) is 1. The van der Waals surface area contributed by atoms with E-state index in [-0.39, 0.29) is 6.61 Å². The van der Waals surface area contributed by atoms with E-state index >= 15 is 0 Å². The van der Waals surface area contributed by atoms with Crippen LogP contribution in [0.3, 0.4) is 0 Å². The number of nitrogens with zero attached hydrogens (tertiary/aromatic N) is 2. The van der Waals surface area contributed by atoms with Crippen molar-refractivity contribution >= 4 is 0 Å². The number of rotatable bonds is 10. The lowest BCUT2D eigenvalue weighted by molar-refractivity contribution is 0.0462. The van der Waals surface area contributed by atoms with Gasteiger partial charge in [0, 0.05) is 45.9 Å². The topological polar surface area (TPSA) is 58.3 Å². The van der Waals surface area contributed by atoms with Crippen LogP contribution in [0.5, 0.6) is 5.75 Å². The molecule has 28 heavy (non-hydrogen) atoms. The zero-order valence-corrected chi connectivity index (χ0v) is 17.0. The minimum absolute atomic E-state index is 0.205. The van der Waals surface area contributed by atoms with Crippen LogP contribution in [-0.2, 0) is 24.4 Å². The van der Waals surface area contributed by atoms with Gasteiger partial charge in [0.1, 0.15) is 23.9 Å². The van der Waals surface area contributed by atoms with Gasteiger partial charge in [-0.15, -0.1) is 0 Å². The van der Waals surface area contributed by atoms with Crippen molar-refractivity contribution in [1.82, 2.24) is 9.80 Å². The lowest BCUT2D eigenvalue weighted by Gasteiger charge is -2.41. The maximum Gasteiger partial charge on any atom is 0.129 e. The van der Waals surface area contributed by atoms with Crippen LogP contribution in [-0.4, -0.2) is 60.9 Å². The average molecular weight is 389 g/mol. The molecule has 1 fully saturated rings. The average Bonchev–Trinajstić information content (AvgIpc) is 3.13. The molecule has 6 heteroatoms. The molecule has 0 unspecified atom stereocenters. The van der Waals surface area contributed by atoms with E-state index in [1.54, 1.807) is 7.11 Å². The number of methoxy groups -OCH3 is 1. The SMILES string of the molecule is CCOc1ccc(CN2CCN(Cc3ccc(COC)o3)C[C@@H]2CCO)cc1.